The highest BCUT2D eigenvalue weighted by molar-refractivity contribution is 6.95. The zero-order valence-electron chi connectivity index (χ0n) is 42.1. The second kappa shape index (κ2) is 13.5. The maximum absolute atomic E-state index is 7.72. The highest BCUT2D eigenvalue weighted by Crippen LogP contribution is 2.56. The molecule has 0 atom stereocenters. The van der Waals surface area contributed by atoms with Gasteiger partial charge in [0.1, 0.15) is 11.2 Å². The Morgan fingerprint density at radius 2 is 1.10 bits per heavy atom. The first-order valence-corrected chi connectivity index (χ1v) is 25.2. The lowest BCUT2D eigenvalue weighted by Gasteiger charge is -2.45. The lowest BCUT2D eigenvalue weighted by Crippen LogP contribution is -2.61. The molecule has 0 N–H and O–H groups in total. The van der Waals surface area contributed by atoms with Gasteiger partial charge in [0.2, 0.25) is 5.88 Å². The third-order valence-electron chi connectivity index (χ3n) is 17.4. The molecular formula is C63H63BN2O2. The standard InChI is InChI=1S/C63H63BN2O2/c1-36-29-46-48(62(9,10)27-25-60(46,5)6)34-50(36)65-56-54-43(32-44-41-19-15-16-20-52(41)67-57(44)56)42-30-37-17-13-14-18-38(37)31-51(42)66(40-23-21-39(22-24-40)59(2,3)4)64(54)55-45-33-47-49(35-53(45)68-58(55)65)63(11,12)28-26-61(47,7)8/h13-24,29-35H,25-28H2,1-12H3. The van der Waals surface area contributed by atoms with Gasteiger partial charge in [-0.25, -0.2) is 0 Å². The van der Waals surface area contributed by atoms with E-state index in [0.29, 0.717) is 0 Å². The molecule has 68 heavy (non-hydrogen) atoms. The predicted octanol–water partition coefficient (Wildman–Crippen LogP) is 16.5. The molecule has 0 spiro atoms. The summed E-state index contributed by atoms with van der Waals surface area (Å²) in [5.74, 6) is 0.880. The quantitative estimate of drug-likeness (QED) is 0.162. The van der Waals surface area contributed by atoms with Crippen LogP contribution in [0.2, 0.25) is 0 Å². The molecule has 0 saturated heterocycles. The fourth-order valence-corrected chi connectivity index (χ4v) is 13.0. The van der Waals surface area contributed by atoms with Crippen molar-refractivity contribution in [3.8, 4) is 11.1 Å². The molecule has 4 nitrogen and oxygen atoms in total. The average Bonchev–Trinajstić information content (AvgIpc) is 3.87. The Bertz CT molecular complexity index is 3650. The number of hydrogen-bond acceptors (Lipinski definition) is 4. The topological polar surface area (TPSA) is 32.8 Å². The van der Waals surface area contributed by atoms with Crippen LogP contribution in [0.1, 0.15) is 135 Å². The van der Waals surface area contributed by atoms with Crippen molar-refractivity contribution in [3.05, 3.63) is 149 Å². The van der Waals surface area contributed by atoms with Crippen molar-refractivity contribution < 1.29 is 8.83 Å². The molecule has 7 aromatic carbocycles. The van der Waals surface area contributed by atoms with Crippen molar-refractivity contribution in [2.75, 3.05) is 9.71 Å². The number of benzene rings is 7. The summed E-state index contributed by atoms with van der Waals surface area (Å²) in [6.07, 6.45) is 4.57. The lowest BCUT2D eigenvalue weighted by molar-refractivity contribution is 0.332. The molecule has 0 amide bonds. The van der Waals surface area contributed by atoms with Gasteiger partial charge in [0.05, 0.1) is 11.4 Å². The second-order valence-corrected chi connectivity index (χ2v) is 24.7. The highest BCUT2D eigenvalue weighted by atomic mass is 16.4. The zero-order chi connectivity index (χ0) is 47.2. The molecule has 13 rings (SSSR count). The van der Waals surface area contributed by atoms with Crippen molar-refractivity contribution in [3.63, 3.8) is 0 Å². The molecule has 0 saturated carbocycles. The monoisotopic (exact) mass is 890 g/mol. The van der Waals surface area contributed by atoms with E-state index in [1.54, 1.807) is 0 Å². The summed E-state index contributed by atoms with van der Waals surface area (Å²) in [5.41, 5.74) is 20.6. The van der Waals surface area contributed by atoms with Gasteiger partial charge < -0.3 is 13.6 Å². The van der Waals surface area contributed by atoms with E-state index in [0.717, 1.165) is 76.2 Å². The third kappa shape index (κ3) is 5.74. The minimum atomic E-state index is -0.245. The zero-order valence-corrected chi connectivity index (χ0v) is 42.1. The summed E-state index contributed by atoms with van der Waals surface area (Å²) >= 11 is 0. The van der Waals surface area contributed by atoms with Crippen molar-refractivity contribution >= 4 is 90.1 Å². The normalized spacial score (nSPS) is 18.4. The first kappa shape index (κ1) is 41.9. The van der Waals surface area contributed by atoms with Gasteiger partial charge in [-0.3, -0.25) is 4.90 Å². The number of rotatable bonds is 2. The highest BCUT2D eigenvalue weighted by Gasteiger charge is 2.51. The van der Waals surface area contributed by atoms with Gasteiger partial charge in [-0.2, -0.15) is 0 Å². The van der Waals surface area contributed by atoms with Crippen LogP contribution < -0.4 is 20.6 Å². The third-order valence-corrected chi connectivity index (χ3v) is 17.4. The van der Waals surface area contributed by atoms with E-state index in [2.05, 4.69) is 208 Å². The fourth-order valence-electron chi connectivity index (χ4n) is 13.0. The van der Waals surface area contributed by atoms with Crippen LogP contribution in [0.3, 0.4) is 0 Å². The molecule has 2 aliphatic heterocycles. The van der Waals surface area contributed by atoms with Crippen molar-refractivity contribution in [1.82, 2.24) is 0 Å². The van der Waals surface area contributed by atoms with E-state index in [9.17, 15) is 0 Å². The number of aryl methyl sites for hydroxylation is 1. The van der Waals surface area contributed by atoms with Gasteiger partial charge in [-0.15, -0.1) is 0 Å². The molecule has 9 aromatic rings. The molecule has 2 aliphatic carbocycles. The summed E-state index contributed by atoms with van der Waals surface area (Å²) in [7, 11) is 0. The molecule has 4 aliphatic rings. The van der Waals surface area contributed by atoms with Gasteiger partial charge in [-0.1, -0.05) is 137 Å². The van der Waals surface area contributed by atoms with Crippen LogP contribution in [-0.4, -0.2) is 6.85 Å². The van der Waals surface area contributed by atoms with Crippen LogP contribution in [0.25, 0.3) is 54.8 Å². The predicted molar refractivity (Wildman–Crippen MR) is 289 cm³/mol. The molecule has 340 valence electrons. The van der Waals surface area contributed by atoms with Crippen LogP contribution in [-0.2, 0) is 27.1 Å². The van der Waals surface area contributed by atoms with Crippen molar-refractivity contribution in [2.24, 2.45) is 0 Å². The average molecular weight is 891 g/mol. The molecule has 0 radical (unpaired) electrons. The summed E-state index contributed by atoms with van der Waals surface area (Å²) in [6, 6.07) is 44.3. The van der Waals surface area contributed by atoms with Gasteiger partial charge in [-0.05, 0) is 169 Å². The van der Waals surface area contributed by atoms with Gasteiger partial charge in [0.15, 0.2) is 5.58 Å². The number of hydrogen-bond donors (Lipinski definition) is 0. The largest absolute Gasteiger partial charge is 0.454 e. The number of anilines is 5. The van der Waals surface area contributed by atoms with Crippen molar-refractivity contribution in [1.29, 1.82) is 0 Å². The second-order valence-electron chi connectivity index (χ2n) is 24.7. The van der Waals surface area contributed by atoms with Crippen LogP contribution in [0.4, 0.5) is 28.6 Å². The van der Waals surface area contributed by atoms with E-state index in [-0.39, 0.29) is 33.9 Å². The molecular weight excluding hydrogens is 828 g/mol. The number of fused-ring (bicyclic) bond motifs is 13. The Kier molecular flexibility index (Phi) is 8.34. The Balaban J connectivity index is 1.23. The maximum Gasteiger partial charge on any atom is 0.337 e. The minimum absolute atomic E-state index is 0.000630. The molecule has 4 heterocycles. The molecule has 2 aromatic heterocycles. The van der Waals surface area contributed by atoms with E-state index in [1.165, 1.54) is 77.3 Å². The Morgan fingerprint density at radius 1 is 0.515 bits per heavy atom. The lowest BCUT2D eigenvalue weighted by atomic mass is 9.43. The molecule has 0 bridgehead atoms. The van der Waals surface area contributed by atoms with Crippen LogP contribution in [0.5, 0.6) is 0 Å². The summed E-state index contributed by atoms with van der Waals surface area (Å²) in [6.45, 7) is 28.5. The van der Waals surface area contributed by atoms with Crippen LogP contribution in [0.15, 0.2) is 124 Å². The van der Waals surface area contributed by atoms with Gasteiger partial charge >= 0.3 is 6.85 Å². The summed E-state index contributed by atoms with van der Waals surface area (Å²) in [5, 5.41) is 5.89. The summed E-state index contributed by atoms with van der Waals surface area (Å²) in [4.78, 5) is 5.17. The maximum atomic E-state index is 7.72. The van der Waals surface area contributed by atoms with E-state index >= 15 is 0 Å². The van der Waals surface area contributed by atoms with E-state index in [4.69, 9.17) is 8.83 Å². The molecule has 0 fully saturated rings. The van der Waals surface area contributed by atoms with Crippen LogP contribution in [0, 0.1) is 6.92 Å². The van der Waals surface area contributed by atoms with Crippen LogP contribution >= 0.6 is 0 Å². The van der Waals surface area contributed by atoms with Gasteiger partial charge in [0, 0.05) is 38.6 Å². The molecule has 0 unspecified atom stereocenters. The first-order chi connectivity index (χ1) is 32.2. The number of nitrogens with zero attached hydrogens (tertiary/aromatic N) is 2. The first-order valence-electron chi connectivity index (χ1n) is 25.2. The Morgan fingerprint density at radius 3 is 1.76 bits per heavy atom. The van der Waals surface area contributed by atoms with E-state index in [1.807, 2.05) is 0 Å². The molecule has 5 heteroatoms. The number of furan rings is 2. The van der Waals surface area contributed by atoms with Crippen molar-refractivity contribution in [2.45, 2.75) is 136 Å². The summed E-state index contributed by atoms with van der Waals surface area (Å²) < 4.78 is 15.0. The Labute approximate surface area is 402 Å². The van der Waals surface area contributed by atoms with Gasteiger partial charge in [0.25, 0.3) is 0 Å². The smallest absolute Gasteiger partial charge is 0.337 e. The fraction of sp³-hybridized carbons (Fsp3) is 0.333. The number of para-hydroxylation sites is 1. The minimum Gasteiger partial charge on any atom is -0.454 e. The van der Waals surface area contributed by atoms with E-state index < -0.39 is 0 Å². The Hall–Kier alpha value is -6.20. The SMILES string of the molecule is Cc1cc2c(cc1N1c3oc4cc5c(cc4c3B3c4c(cc6c(oc7ccccc76)c41)-c1cc4ccccc4cc1N3c1ccc(C(C)(C)C)cc1)C(C)(C)CCC5(C)C)C(C)(C)CCC2(C)C.